The third-order valence-electron chi connectivity index (χ3n) is 4.10. The van der Waals surface area contributed by atoms with Crippen molar-refractivity contribution in [3.63, 3.8) is 0 Å². The minimum Gasteiger partial charge on any atom is -0.465 e. The Kier molecular flexibility index (Phi) is 6.80. The summed E-state index contributed by atoms with van der Waals surface area (Å²) in [5, 5.41) is 0. The number of nitrogens with two attached hydrogens (primary N) is 1. The smallest absolute Gasteiger partial charge is 0.325 e. The molecule has 0 amide bonds. The maximum Gasteiger partial charge on any atom is 0.325 e. The molecule has 0 bridgehead atoms. The van der Waals surface area contributed by atoms with Gasteiger partial charge in [-0.25, -0.2) is 0 Å². The first kappa shape index (κ1) is 16.4. The highest BCUT2D eigenvalue weighted by molar-refractivity contribution is 5.79. The minimum atomic E-state index is -0.840. The third kappa shape index (κ3) is 5.11. The second-order valence-corrected chi connectivity index (χ2v) is 5.84. The van der Waals surface area contributed by atoms with Gasteiger partial charge >= 0.3 is 5.97 Å². The summed E-state index contributed by atoms with van der Waals surface area (Å²) in [6.45, 7) is 8.49. The van der Waals surface area contributed by atoms with Crippen LogP contribution in [0.25, 0.3) is 0 Å². The molecule has 0 aliphatic carbocycles. The van der Waals surface area contributed by atoms with Crippen LogP contribution in [0.1, 0.15) is 59.3 Å². The molecule has 1 fully saturated rings. The van der Waals surface area contributed by atoms with Gasteiger partial charge < -0.3 is 15.4 Å². The van der Waals surface area contributed by atoms with Crippen LogP contribution in [0.4, 0.5) is 0 Å². The maximum atomic E-state index is 11.7. The standard InChI is InChI=1S/C15H30N2O2/c1-4-13-9-6-7-11-17(13)12-8-10-15(3,16)14(18)19-5-2/h13H,4-12,16H2,1-3H3. The average Bonchev–Trinajstić information content (AvgIpc) is 2.39. The monoisotopic (exact) mass is 270 g/mol. The van der Waals surface area contributed by atoms with E-state index in [2.05, 4.69) is 11.8 Å². The summed E-state index contributed by atoms with van der Waals surface area (Å²) in [4.78, 5) is 14.3. The van der Waals surface area contributed by atoms with Crippen molar-refractivity contribution in [2.45, 2.75) is 70.9 Å². The molecule has 2 N–H and O–H groups in total. The van der Waals surface area contributed by atoms with Gasteiger partial charge in [0, 0.05) is 6.04 Å². The van der Waals surface area contributed by atoms with E-state index in [1.807, 2.05) is 6.92 Å². The number of esters is 1. The van der Waals surface area contributed by atoms with Crippen LogP contribution in [-0.2, 0) is 9.53 Å². The van der Waals surface area contributed by atoms with E-state index < -0.39 is 5.54 Å². The van der Waals surface area contributed by atoms with E-state index >= 15 is 0 Å². The van der Waals surface area contributed by atoms with Gasteiger partial charge in [-0.05, 0) is 59.0 Å². The van der Waals surface area contributed by atoms with Gasteiger partial charge in [0.25, 0.3) is 0 Å². The maximum absolute atomic E-state index is 11.7. The summed E-state index contributed by atoms with van der Waals surface area (Å²) in [6, 6.07) is 0.723. The van der Waals surface area contributed by atoms with Gasteiger partial charge in [-0.2, -0.15) is 0 Å². The topological polar surface area (TPSA) is 55.6 Å². The van der Waals surface area contributed by atoms with Crippen molar-refractivity contribution in [2.75, 3.05) is 19.7 Å². The van der Waals surface area contributed by atoms with Gasteiger partial charge in [-0.15, -0.1) is 0 Å². The largest absolute Gasteiger partial charge is 0.465 e. The quantitative estimate of drug-likeness (QED) is 0.721. The number of carbonyl (C=O) groups is 1. The first-order valence-electron chi connectivity index (χ1n) is 7.71. The zero-order valence-electron chi connectivity index (χ0n) is 12.8. The second kappa shape index (κ2) is 7.85. The van der Waals surface area contributed by atoms with Gasteiger partial charge in [0.1, 0.15) is 5.54 Å². The number of ether oxygens (including phenoxy) is 1. The number of hydrogen-bond donors (Lipinski definition) is 1. The van der Waals surface area contributed by atoms with Crippen molar-refractivity contribution >= 4 is 5.97 Å². The molecule has 0 saturated carbocycles. The lowest BCUT2D eigenvalue weighted by Crippen LogP contribution is -2.47. The minimum absolute atomic E-state index is 0.277. The molecular formula is C15H30N2O2. The molecule has 2 unspecified atom stereocenters. The number of carbonyl (C=O) groups excluding carboxylic acids is 1. The predicted molar refractivity (Wildman–Crippen MR) is 78.0 cm³/mol. The molecule has 1 heterocycles. The SMILES string of the molecule is CCOC(=O)C(C)(N)CCCN1CCCCC1CC. The van der Waals surface area contributed by atoms with Gasteiger partial charge in [0.15, 0.2) is 0 Å². The molecule has 112 valence electrons. The molecule has 0 spiro atoms. The van der Waals surface area contributed by atoms with Crippen molar-refractivity contribution in [1.29, 1.82) is 0 Å². The molecule has 4 heteroatoms. The highest BCUT2D eigenvalue weighted by atomic mass is 16.5. The number of piperidine rings is 1. The zero-order valence-corrected chi connectivity index (χ0v) is 12.8. The van der Waals surface area contributed by atoms with Crippen molar-refractivity contribution in [2.24, 2.45) is 5.73 Å². The Bertz CT molecular complexity index is 279. The molecule has 0 aromatic rings. The zero-order chi connectivity index (χ0) is 14.3. The molecule has 1 rings (SSSR count). The van der Waals surface area contributed by atoms with Gasteiger partial charge in [0.2, 0.25) is 0 Å². The van der Waals surface area contributed by atoms with E-state index in [0.29, 0.717) is 13.0 Å². The Morgan fingerprint density at radius 2 is 2.16 bits per heavy atom. The lowest BCUT2D eigenvalue weighted by atomic mass is 9.95. The Balaban J connectivity index is 2.33. The van der Waals surface area contributed by atoms with Crippen molar-refractivity contribution in [1.82, 2.24) is 4.90 Å². The molecule has 19 heavy (non-hydrogen) atoms. The lowest BCUT2D eigenvalue weighted by Gasteiger charge is -2.35. The van der Waals surface area contributed by atoms with Gasteiger partial charge in [-0.1, -0.05) is 13.3 Å². The first-order chi connectivity index (χ1) is 9.01. The molecular weight excluding hydrogens is 240 g/mol. The molecule has 2 atom stereocenters. The number of rotatable bonds is 7. The van der Waals surface area contributed by atoms with E-state index in [4.69, 9.17) is 10.5 Å². The highest BCUT2D eigenvalue weighted by Crippen LogP contribution is 2.21. The summed E-state index contributed by atoms with van der Waals surface area (Å²) in [6.07, 6.45) is 6.84. The van der Waals surface area contributed by atoms with Crippen LogP contribution < -0.4 is 5.73 Å². The molecule has 1 aliphatic heterocycles. The van der Waals surface area contributed by atoms with E-state index in [1.165, 1.54) is 32.2 Å². The summed E-state index contributed by atoms with van der Waals surface area (Å²) in [7, 11) is 0. The van der Waals surface area contributed by atoms with Crippen LogP contribution in [0.5, 0.6) is 0 Å². The van der Waals surface area contributed by atoms with Crippen LogP contribution >= 0.6 is 0 Å². The van der Waals surface area contributed by atoms with Crippen molar-refractivity contribution < 1.29 is 9.53 Å². The highest BCUT2D eigenvalue weighted by Gasteiger charge is 2.30. The van der Waals surface area contributed by atoms with E-state index in [1.54, 1.807) is 6.92 Å². The molecule has 4 nitrogen and oxygen atoms in total. The van der Waals surface area contributed by atoms with Crippen molar-refractivity contribution in [3.05, 3.63) is 0 Å². The molecule has 1 aliphatic rings. The Morgan fingerprint density at radius 1 is 1.42 bits per heavy atom. The molecule has 0 radical (unpaired) electrons. The lowest BCUT2D eigenvalue weighted by molar-refractivity contribution is -0.149. The molecule has 1 saturated heterocycles. The van der Waals surface area contributed by atoms with E-state index in [9.17, 15) is 4.79 Å². The fraction of sp³-hybridized carbons (Fsp3) is 0.933. The molecule has 0 aromatic heterocycles. The fourth-order valence-electron chi connectivity index (χ4n) is 2.86. The van der Waals surface area contributed by atoms with Crippen LogP contribution in [-0.4, -0.2) is 42.1 Å². The average molecular weight is 270 g/mol. The Morgan fingerprint density at radius 3 is 2.79 bits per heavy atom. The fourth-order valence-corrected chi connectivity index (χ4v) is 2.86. The Hall–Kier alpha value is -0.610. The summed E-state index contributed by atoms with van der Waals surface area (Å²) in [5.74, 6) is -0.277. The molecule has 0 aromatic carbocycles. The number of likely N-dealkylation sites (tertiary alicyclic amines) is 1. The van der Waals surface area contributed by atoms with Crippen molar-refractivity contribution in [3.8, 4) is 0 Å². The summed E-state index contributed by atoms with van der Waals surface area (Å²) in [5.41, 5.74) is 5.20. The van der Waals surface area contributed by atoms with Crippen LogP contribution in [0, 0.1) is 0 Å². The van der Waals surface area contributed by atoms with Gasteiger partial charge in [0.05, 0.1) is 6.61 Å². The predicted octanol–water partition coefficient (Wildman–Crippen LogP) is 2.31. The second-order valence-electron chi connectivity index (χ2n) is 5.84. The van der Waals surface area contributed by atoms with Crippen LogP contribution in [0.3, 0.4) is 0 Å². The third-order valence-corrected chi connectivity index (χ3v) is 4.10. The van der Waals surface area contributed by atoms with Crippen LogP contribution in [0.15, 0.2) is 0 Å². The normalized spacial score (nSPS) is 23.9. The number of hydrogen-bond acceptors (Lipinski definition) is 4. The summed E-state index contributed by atoms with van der Waals surface area (Å²) >= 11 is 0. The van der Waals surface area contributed by atoms with E-state index in [-0.39, 0.29) is 5.97 Å². The summed E-state index contributed by atoms with van der Waals surface area (Å²) < 4.78 is 5.01. The Labute approximate surface area is 117 Å². The number of nitrogens with zero attached hydrogens (tertiary/aromatic N) is 1. The van der Waals surface area contributed by atoms with Gasteiger partial charge in [-0.3, -0.25) is 4.79 Å². The van der Waals surface area contributed by atoms with Crippen LogP contribution in [0.2, 0.25) is 0 Å². The van der Waals surface area contributed by atoms with E-state index in [0.717, 1.165) is 19.0 Å². The first-order valence-corrected chi connectivity index (χ1v) is 7.71.